The smallest absolute Gasteiger partial charge is 0.225 e. The lowest BCUT2D eigenvalue weighted by atomic mass is 10.1. The van der Waals surface area contributed by atoms with Crippen LogP contribution in [0.3, 0.4) is 0 Å². The summed E-state index contributed by atoms with van der Waals surface area (Å²) in [5.74, 6) is 0.185. The van der Waals surface area contributed by atoms with Crippen molar-refractivity contribution < 1.29 is 9.13 Å². The fourth-order valence-electron chi connectivity index (χ4n) is 1.90. The van der Waals surface area contributed by atoms with Gasteiger partial charge in [-0.15, -0.1) is 0 Å². The zero-order valence-corrected chi connectivity index (χ0v) is 10.5. The predicted molar refractivity (Wildman–Crippen MR) is 73.9 cm³/mol. The van der Waals surface area contributed by atoms with E-state index in [0.717, 1.165) is 23.5 Å². The van der Waals surface area contributed by atoms with Crippen LogP contribution in [0.2, 0.25) is 0 Å². The second kappa shape index (κ2) is 5.48. The second-order valence-electron chi connectivity index (χ2n) is 4.14. The van der Waals surface area contributed by atoms with Crippen molar-refractivity contribution in [2.75, 3.05) is 0 Å². The van der Waals surface area contributed by atoms with Gasteiger partial charge in [-0.25, -0.2) is 9.97 Å². The summed E-state index contributed by atoms with van der Waals surface area (Å²) in [5.41, 5.74) is 1.95. The van der Waals surface area contributed by atoms with Gasteiger partial charge in [-0.3, -0.25) is 0 Å². The van der Waals surface area contributed by atoms with E-state index in [0.29, 0.717) is 5.75 Å². The fraction of sp³-hybridized carbons (Fsp3) is 0. The van der Waals surface area contributed by atoms with E-state index in [9.17, 15) is 4.39 Å². The van der Waals surface area contributed by atoms with Crippen LogP contribution in [0.5, 0.6) is 11.6 Å². The number of benzene rings is 2. The van der Waals surface area contributed by atoms with Gasteiger partial charge in [0.1, 0.15) is 12.1 Å². The van der Waals surface area contributed by atoms with E-state index < -0.39 is 5.95 Å². The monoisotopic (exact) mass is 266 g/mol. The van der Waals surface area contributed by atoms with Gasteiger partial charge in [-0.2, -0.15) is 4.39 Å². The van der Waals surface area contributed by atoms with Crippen LogP contribution in [-0.4, -0.2) is 9.97 Å². The molecule has 0 saturated carbocycles. The molecular formula is C16H11FN2O. The van der Waals surface area contributed by atoms with Crippen molar-refractivity contribution in [2.24, 2.45) is 0 Å². The van der Waals surface area contributed by atoms with Gasteiger partial charge in [0.2, 0.25) is 11.8 Å². The average molecular weight is 266 g/mol. The summed E-state index contributed by atoms with van der Waals surface area (Å²) in [7, 11) is 0. The normalized spacial score (nSPS) is 10.2. The fourth-order valence-corrected chi connectivity index (χ4v) is 1.90. The van der Waals surface area contributed by atoms with Gasteiger partial charge < -0.3 is 4.74 Å². The summed E-state index contributed by atoms with van der Waals surface area (Å²) in [4.78, 5) is 7.30. The van der Waals surface area contributed by atoms with E-state index in [1.165, 1.54) is 0 Å². The maximum Gasteiger partial charge on any atom is 0.225 e. The van der Waals surface area contributed by atoms with Crippen molar-refractivity contribution in [2.45, 2.75) is 0 Å². The average Bonchev–Trinajstić information content (AvgIpc) is 2.49. The molecule has 0 aliphatic carbocycles. The minimum absolute atomic E-state index is 0.181. The Kier molecular flexibility index (Phi) is 3.37. The Morgan fingerprint density at radius 2 is 1.60 bits per heavy atom. The van der Waals surface area contributed by atoms with Gasteiger partial charge in [0.25, 0.3) is 0 Å². The number of nitrogens with zero attached hydrogens (tertiary/aromatic N) is 2. The summed E-state index contributed by atoms with van der Waals surface area (Å²) in [6.45, 7) is 0. The number of halogens is 1. The van der Waals surface area contributed by atoms with E-state index in [4.69, 9.17) is 4.74 Å². The molecule has 0 bridgehead atoms. The van der Waals surface area contributed by atoms with E-state index in [2.05, 4.69) is 9.97 Å². The van der Waals surface area contributed by atoms with Crippen molar-refractivity contribution in [3.8, 4) is 22.8 Å². The first kappa shape index (κ1) is 12.3. The highest BCUT2D eigenvalue weighted by Crippen LogP contribution is 2.32. The molecule has 0 unspecified atom stereocenters. The lowest BCUT2D eigenvalue weighted by molar-refractivity contribution is 0.452. The molecule has 20 heavy (non-hydrogen) atoms. The van der Waals surface area contributed by atoms with Gasteiger partial charge in [-0.1, -0.05) is 48.5 Å². The molecule has 0 saturated heterocycles. The number of ether oxygens (including phenoxy) is 1. The topological polar surface area (TPSA) is 35.0 Å². The lowest BCUT2D eigenvalue weighted by Gasteiger charge is -2.10. The molecule has 1 heterocycles. The Hall–Kier alpha value is -2.75. The summed E-state index contributed by atoms with van der Waals surface area (Å²) in [5, 5.41) is 0. The molecule has 0 aliphatic heterocycles. The number of hydrogen-bond donors (Lipinski definition) is 0. The molecule has 0 N–H and O–H groups in total. The zero-order chi connectivity index (χ0) is 13.8. The molecule has 1 aromatic heterocycles. The highest BCUT2D eigenvalue weighted by Gasteiger charge is 2.07. The van der Waals surface area contributed by atoms with Crippen molar-refractivity contribution in [3.63, 3.8) is 0 Å². The summed E-state index contributed by atoms with van der Waals surface area (Å²) in [6.07, 6.45) is 1.13. The predicted octanol–water partition coefficient (Wildman–Crippen LogP) is 4.08. The molecule has 0 aliphatic rings. The molecule has 2 aromatic carbocycles. The van der Waals surface area contributed by atoms with Crippen molar-refractivity contribution in [3.05, 3.63) is 72.9 Å². The van der Waals surface area contributed by atoms with Gasteiger partial charge >= 0.3 is 0 Å². The van der Waals surface area contributed by atoms with Crippen molar-refractivity contribution >= 4 is 0 Å². The van der Waals surface area contributed by atoms with Crippen LogP contribution < -0.4 is 4.74 Å². The number of rotatable bonds is 3. The minimum atomic E-state index is -0.618. The Balaban J connectivity index is 1.99. The lowest BCUT2D eigenvalue weighted by Crippen LogP contribution is -1.92. The first-order chi connectivity index (χ1) is 9.83. The van der Waals surface area contributed by atoms with E-state index in [1.54, 1.807) is 0 Å². The van der Waals surface area contributed by atoms with Gasteiger partial charge in [0, 0.05) is 5.56 Å². The minimum Gasteiger partial charge on any atom is -0.438 e. The Bertz CT molecular complexity index is 716. The van der Waals surface area contributed by atoms with E-state index in [-0.39, 0.29) is 5.88 Å². The van der Waals surface area contributed by atoms with Crippen LogP contribution >= 0.6 is 0 Å². The molecule has 3 nitrogen and oxygen atoms in total. The number of aromatic nitrogens is 2. The first-order valence-electron chi connectivity index (χ1n) is 6.13. The SMILES string of the molecule is Fc1cc(Oc2ccccc2-c2ccccc2)ncn1. The summed E-state index contributed by atoms with van der Waals surface area (Å²) < 4.78 is 18.7. The molecule has 0 atom stereocenters. The third kappa shape index (κ3) is 2.64. The molecule has 0 amide bonds. The van der Waals surface area contributed by atoms with Crippen LogP contribution in [0.15, 0.2) is 67.0 Å². The Morgan fingerprint density at radius 3 is 2.40 bits per heavy atom. The summed E-state index contributed by atoms with van der Waals surface area (Å²) in [6, 6.07) is 18.5. The number of hydrogen-bond acceptors (Lipinski definition) is 3. The molecule has 98 valence electrons. The Morgan fingerprint density at radius 1 is 0.850 bits per heavy atom. The van der Waals surface area contributed by atoms with E-state index >= 15 is 0 Å². The highest BCUT2D eigenvalue weighted by molar-refractivity contribution is 5.70. The van der Waals surface area contributed by atoms with Gasteiger partial charge in [0.05, 0.1) is 6.07 Å². The molecule has 4 heteroatoms. The standard InChI is InChI=1S/C16H11FN2O/c17-15-10-16(19-11-18-15)20-14-9-5-4-8-13(14)12-6-2-1-3-7-12/h1-11H. The molecule has 3 rings (SSSR count). The van der Waals surface area contributed by atoms with Crippen LogP contribution in [0, 0.1) is 5.95 Å². The first-order valence-corrected chi connectivity index (χ1v) is 6.13. The van der Waals surface area contributed by atoms with Crippen molar-refractivity contribution in [1.82, 2.24) is 9.97 Å². The number of para-hydroxylation sites is 1. The summed E-state index contributed by atoms with van der Waals surface area (Å²) >= 11 is 0. The van der Waals surface area contributed by atoms with Crippen LogP contribution in [0.4, 0.5) is 4.39 Å². The van der Waals surface area contributed by atoms with Crippen molar-refractivity contribution in [1.29, 1.82) is 0 Å². The molecule has 3 aromatic rings. The van der Waals surface area contributed by atoms with Crippen LogP contribution in [-0.2, 0) is 0 Å². The van der Waals surface area contributed by atoms with Crippen LogP contribution in [0.25, 0.3) is 11.1 Å². The van der Waals surface area contributed by atoms with Gasteiger partial charge in [0.15, 0.2) is 0 Å². The maximum atomic E-state index is 13.1. The highest BCUT2D eigenvalue weighted by atomic mass is 19.1. The molecule has 0 radical (unpaired) electrons. The third-order valence-electron chi connectivity index (χ3n) is 2.80. The third-order valence-corrected chi connectivity index (χ3v) is 2.80. The quantitative estimate of drug-likeness (QED) is 0.670. The van der Waals surface area contributed by atoms with E-state index in [1.807, 2.05) is 54.6 Å². The molecular weight excluding hydrogens is 255 g/mol. The second-order valence-corrected chi connectivity index (χ2v) is 4.14. The van der Waals surface area contributed by atoms with Crippen LogP contribution in [0.1, 0.15) is 0 Å². The largest absolute Gasteiger partial charge is 0.438 e. The zero-order valence-electron chi connectivity index (χ0n) is 10.5. The Labute approximate surface area is 115 Å². The van der Waals surface area contributed by atoms with Gasteiger partial charge in [-0.05, 0) is 11.6 Å². The maximum absolute atomic E-state index is 13.1. The molecule has 0 spiro atoms. The molecule has 0 fully saturated rings.